The van der Waals surface area contributed by atoms with Crippen LogP contribution in [0.4, 0.5) is 4.79 Å². The van der Waals surface area contributed by atoms with E-state index in [4.69, 9.17) is 4.74 Å². The Morgan fingerprint density at radius 1 is 0.818 bits per heavy atom. The molecule has 114 valence electrons. The molecule has 0 unspecified atom stereocenters. The van der Waals surface area contributed by atoms with Crippen molar-refractivity contribution in [1.82, 2.24) is 10.6 Å². The summed E-state index contributed by atoms with van der Waals surface area (Å²) in [5.41, 5.74) is 1.90. The molecule has 0 aliphatic carbocycles. The summed E-state index contributed by atoms with van der Waals surface area (Å²) >= 11 is 0. The number of amides is 2. The first-order chi connectivity index (χ1) is 10.7. The average Bonchev–Trinajstić information content (AvgIpc) is 2.58. The molecule has 0 saturated heterocycles. The fourth-order valence-corrected chi connectivity index (χ4v) is 1.79. The summed E-state index contributed by atoms with van der Waals surface area (Å²) in [5, 5.41) is 5.13. The molecule has 0 atom stereocenters. The first kappa shape index (κ1) is 15.6. The maximum Gasteiger partial charge on any atom is 0.407 e. The van der Waals surface area contributed by atoms with Crippen molar-refractivity contribution in [3.05, 3.63) is 71.8 Å². The summed E-state index contributed by atoms with van der Waals surface area (Å²) in [7, 11) is 0. The summed E-state index contributed by atoms with van der Waals surface area (Å²) < 4.78 is 5.01. The van der Waals surface area contributed by atoms with E-state index in [9.17, 15) is 9.59 Å². The van der Waals surface area contributed by atoms with Crippen LogP contribution in [0.1, 0.15) is 11.1 Å². The van der Waals surface area contributed by atoms with Gasteiger partial charge in [-0.3, -0.25) is 4.79 Å². The third-order valence-corrected chi connectivity index (χ3v) is 2.94. The SMILES string of the molecule is O=C(CNC(=O)OCc1ccccc1)NCc1ccccc1. The predicted molar refractivity (Wildman–Crippen MR) is 82.9 cm³/mol. The van der Waals surface area contributed by atoms with Crippen LogP contribution in [0.25, 0.3) is 0 Å². The number of nitrogens with one attached hydrogen (secondary N) is 2. The summed E-state index contributed by atoms with van der Waals surface area (Å²) in [6, 6.07) is 18.9. The summed E-state index contributed by atoms with van der Waals surface area (Å²) in [6.45, 7) is 0.499. The van der Waals surface area contributed by atoms with Crippen LogP contribution in [-0.4, -0.2) is 18.5 Å². The average molecular weight is 298 g/mol. The second-order valence-corrected chi connectivity index (χ2v) is 4.68. The lowest BCUT2D eigenvalue weighted by molar-refractivity contribution is -0.120. The van der Waals surface area contributed by atoms with Crippen LogP contribution in [0.15, 0.2) is 60.7 Å². The zero-order chi connectivity index (χ0) is 15.6. The van der Waals surface area contributed by atoms with Gasteiger partial charge in [-0.05, 0) is 11.1 Å². The molecule has 0 aliphatic heterocycles. The van der Waals surface area contributed by atoms with Crippen LogP contribution >= 0.6 is 0 Å². The standard InChI is InChI=1S/C17H18N2O3/c20-16(18-11-14-7-3-1-4-8-14)12-19-17(21)22-13-15-9-5-2-6-10-15/h1-10H,11-13H2,(H,18,20)(H,19,21). The highest BCUT2D eigenvalue weighted by Gasteiger charge is 2.06. The largest absolute Gasteiger partial charge is 0.445 e. The summed E-state index contributed by atoms with van der Waals surface area (Å²) in [6.07, 6.45) is -0.612. The lowest BCUT2D eigenvalue weighted by atomic mass is 10.2. The highest BCUT2D eigenvalue weighted by atomic mass is 16.5. The van der Waals surface area contributed by atoms with Gasteiger partial charge in [0.15, 0.2) is 0 Å². The molecule has 2 aromatic carbocycles. The third kappa shape index (κ3) is 5.66. The number of carbonyl (C=O) groups is 2. The van der Waals surface area contributed by atoms with Crippen LogP contribution in [0.3, 0.4) is 0 Å². The van der Waals surface area contributed by atoms with Crippen molar-refractivity contribution in [3.8, 4) is 0 Å². The number of rotatable bonds is 6. The van der Waals surface area contributed by atoms with Crippen LogP contribution < -0.4 is 10.6 Å². The van der Waals surface area contributed by atoms with Gasteiger partial charge in [0, 0.05) is 6.54 Å². The molecular weight excluding hydrogens is 280 g/mol. The van der Waals surface area contributed by atoms with Gasteiger partial charge in [-0.25, -0.2) is 4.79 Å². The number of benzene rings is 2. The zero-order valence-corrected chi connectivity index (χ0v) is 12.1. The van der Waals surface area contributed by atoms with Gasteiger partial charge in [0.1, 0.15) is 13.2 Å². The molecule has 0 aromatic heterocycles. The van der Waals surface area contributed by atoms with Crippen molar-refractivity contribution in [2.45, 2.75) is 13.2 Å². The highest BCUT2D eigenvalue weighted by molar-refractivity contribution is 5.82. The maximum absolute atomic E-state index is 11.6. The highest BCUT2D eigenvalue weighted by Crippen LogP contribution is 2.00. The first-order valence-electron chi connectivity index (χ1n) is 6.99. The van der Waals surface area contributed by atoms with Crippen LogP contribution in [-0.2, 0) is 22.7 Å². The molecule has 2 amide bonds. The van der Waals surface area contributed by atoms with E-state index >= 15 is 0 Å². The molecule has 2 rings (SSSR count). The van der Waals surface area contributed by atoms with Crippen molar-refractivity contribution >= 4 is 12.0 Å². The van der Waals surface area contributed by atoms with E-state index in [-0.39, 0.29) is 19.1 Å². The van der Waals surface area contributed by atoms with E-state index in [0.29, 0.717) is 6.54 Å². The fourth-order valence-electron chi connectivity index (χ4n) is 1.79. The second-order valence-electron chi connectivity index (χ2n) is 4.68. The minimum atomic E-state index is -0.612. The van der Waals surface area contributed by atoms with Crippen LogP contribution in [0.2, 0.25) is 0 Å². The van der Waals surface area contributed by atoms with E-state index in [1.165, 1.54) is 0 Å². The van der Waals surface area contributed by atoms with Crippen molar-refractivity contribution in [2.75, 3.05) is 6.54 Å². The number of ether oxygens (including phenoxy) is 1. The molecule has 2 aromatic rings. The van der Waals surface area contributed by atoms with E-state index in [1.54, 1.807) is 0 Å². The van der Waals surface area contributed by atoms with Gasteiger partial charge < -0.3 is 15.4 Å². The molecule has 0 fully saturated rings. The Kier molecular flexibility index (Phi) is 5.99. The maximum atomic E-state index is 11.6. The van der Waals surface area contributed by atoms with Gasteiger partial charge >= 0.3 is 6.09 Å². The molecule has 0 heterocycles. The number of hydrogen-bond acceptors (Lipinski definition) is 3. The Labute approximate surface area is 129 Å². The fraction of sp³-hybridized carbons (Fsp3) is 0.176. The molecule has 0 aliphatic rings. The normalized spacial score (nSPS) is 9.82. The van der Waals surface area contributed by atoms with E-state index in [2.05, 4.69) is 10.6 Å². The van der Waals surface area contributed by atoms with Crippen molar-refractivity contribution < 1.29 is 14.3 Å². The minimum absolute atomic E-state index is 0.111. The van der Waals surface area contributed by atoms with Gasteiger partial charge in [0.25, 0.3) is 0 Å². The Morgan fingerprint density at radius 2 is 1.41 bits per heavy atom. The van der Waals surface area contributed by atoms with E-state index in [0.717, 1.165) is 11.1 Å². The lowest BCUT2D eigenvalue weighted by Crippen LogP contribution is -2.36. The lowest BCUT2D eigenvalue weighted by Gasteiger charge is -2.08. The molecule has 0 radical (unpaired) electrons. The summed E-state index contributed by atoms with van der Waals surface area (Å²) in [4.78, 5) is 23.1. The smallest absolute Gasteiger partial charge is 0.407 e. The second kappa shape index (κ2) is 8.46. The van der Waals surface area contributed by atoms with Gasteiger partial charge in [-0.1, -0.05) is 60.7 Å². The van der Waals surface area contributed by atoms with Crippen LogP contribution in [0, 0.1) is 0 Å². The molecular formula is C17H18N2O3. The zero-order valence-electron chi connectivity index (χ0n) is 12.1. The van der Waals surface area contributed by atoms with Gasteiger partial charge in [-0.2, -0.15) is 0 Å². The Bertz CT molecular complexity index is 544. The Balaban J connectivity index is 1.62. The Hall–Kier alpha value is -2.82. The van der Waals surface area contributed by atoms with Crippen LogP contribution in [0.5, 0.6) is 0 Å². The molecule has 0 spiro atoms. The van der Waals surface area contributed by atoms with Gasteiger partial charge in [0.2, 0.25) is 5.91 Å². The van der Waals surface area contributed by atoms with E-state index < -0.39 is 6.09 Å². The first-order valence-corrected chi connectivity index (χ1v) is 6.99. The Morgan fingerprint density at radius 3 is 2.05 bits per heavy atom. The monoisotopic (exact) mass is 298 g/mol. The van der Waals surface area contributed by atoms with Gasteiger partial charge in [0.05, 0.1) is 0 Å². The quantitative estimate of drug-likeness (QED) is 0.859. The summed E-state index contributed by atoms with van der Waals surface area (Å²) in [5.74, 6) is -0.263. The molecule has 22 heavy (non-hydrogen) atoms. The van der Waals surface area contributed by atoms with Gasteiger partial charge in [-0.15, -0.1) is 0 Å². The van der Waals surface area contributed by atoms with E-state index in [1.807, 2.05) is 60.7 Å². The third-order valence-electron chi connectivity index (χ3n) is 2.94. The molecule has 0 saturated carbocycles. The number of hydrogen-bond donors (Lipinski definition) is 2. The molecule has 0 bridgehead atoms. The van der Waals surface area contributed by atoms with Crippen molar-refractivity contribution in [1.29, 1.82) is 0 Å². The minimum Gasteiger partial charge on any atom is -0.445 e. The predicted octanol–water partition coefficient (Wildman–Crippen LogP) is 2.23. The topological polar surface area (TPSA) is 67.4 Å². The number of alkyl carbamates (subject to hydrolysis) is 1. The molecule has 5 nitrogen and oxygen atoms in total. The number of carbonyl (C=O) groups excluding carboxylic acids is 2. The van der Waals surface area contributed by atoms with Crippen molar-refractivity contribution in [2.24, 2.45) is 0 Å². The molecule has 5 heteroatoms. The van der Waals surface area contributed by atoms with Crippen molar-refractivity contribution in [3.63, 3.8) is 0 Å². The molecule has 2 N–H and O–H groups in total.